The normalized spacial score (nSPS) is 11.2. The number of nitrogens with two attached hydrogens (primary N) is 1. The van der Waals surface area contributed by atoms with Crippen molar-refractivity contribution in [2.75, 3.05) is 5.73 Å². The van der Waals surface area contributed by atoms with E-state index >= 15 is 0 Å². The first-order valence-corrected chi connectivity index (χ1v) is 6.31. The molecule has 3 nitrogen and oxygen atoms in total. The third-order valence-corrected chi connectivity index (χ3v) is 3.81. The van der Waals surface area contributed by atoms with Crippen molar-refractivity contribution in [2.24, 2.45) is 7.05 Å². The van der Waals surface area contributed by atoms with Crippen LogP contribution in [-0.2, 0) is 7.05 Å². The molecule has 0 aromatic carbocycles. The van der Waals surface area contributed by atoms with E-state index in [4.69, 9.17) is 5.73 Å². The second kappa shape index (κ2) is 3.60. The quantitative estimate of drug-likeness (QED) is 0.713. The fraction of sp³-hybridized carbons (Fsp3) is 0.154. The summed E-state index contributed by atoms with van der Waals surface area (Å²) < 4.78 is 2.10. The summed E-state index contributed by atoms with van der Waals surface area (Å²) in [5.74, 6) is 0. The van der Waals surface area contributed by atoms with Gasteiger partial charge in [-0.05, 0) is 25.1 Å². The third-order valence-electron chi connectivity index (χ3n) is 2.92. The first kappa shape index (κ1) is 10.4. The van der Waals surface area contributed by atoms with Crippen LogP contribution in [0.15, 0.2) is 29.8 Å². The van der Waals surface area contributed by atoms with E-state index in [9.17, 15) is 0 Å². The Morgan fingerprint density at radius 3 is 2.94 bits per heavy atom. The highest BCUT2D eigenvalue weighted by molar-refractivity contribution is 7.17. The minimum absolute atomic E-state index is 0.814. The summed E-state index contributed by atoms with van der Waals surface area (Å²) in [5.41, 5.74) is 10.2. The van der Waals surface area contributed by atoms with Gasteiger partial charge < -0.3 is 10.3 Å². The Labute approximate surface area is 104 Å². The van der Waals surface area contributed by atoms with Crippen LogP contribution in [0.3, 0.4) is 0 Å². The van der Waals surface area contributed by atoms with Crippen molar-refractivity contribution in [3.8, 4) is 11.3 Å². The van der Waals surface area contributed by atoms with Gasteiger partial charge in [-0.25, -0.2) is 4.98 Å². The maximum absolute atomic E-state index is 6.04. The predicted molar refractivity (Wildman–Crippen MR) is 73.2 cm³/mol. The first-order valence-electron chi connectivity index (χ1n) is 5.43. The maximum Gasteiger partial charge on any atom is 0.126 e. The summed E-state index contributed by atoms with van der Waals surface area (Å²) in [6.45, 7) is 2.02. The van der Waals surface area contributed by atoms with E-state index in [2.05, 4.69) is 21.7 Å². The van der Waals surface area contributed by atoms with Crippen LogP contribution < -0.4 is 5.73 Å². The van der Waals surface area contributed by atoms with Gasteiger partial charge in [0, 0.05) is 41.0 Å². The molecule has 0 saturated carbocycles. The molecule has 0 radical (unpaired) electrons. The van der Waals surface area contributed by atoms with Gasteiger partial charge in [-0.15, -0.1) is 11.3 Å². The molecular formula is C13H13N3S. The summed E-state index contributed by atoms with van der Waals surface area (Å²) in [6, 6.07) is 6.24. The van der Waals surface area contributed by atoms with E-state index in [1.165, 1.54) is 11.3 Å². The van der Waals surface area contributed by atoms with Crippen LogP contribution >= 0.6 is 11.3 Å². The number of hydrogen-bond acceptors (Lipinski definition) is 3. The van der Waals surface area contributed by atoms with Crippen LogP contribution in [0.5, 0.6) is 0 Å². The Balaban J connectivity index is 2.42. The van der Waals surface area contributed by atoms with E-state index in [-0.39, 0.29) is 0 Å². The summed E-state index contributed by atoms with van der Waals surface area (Å²) >= 11 is 1.60. The third kappa shape index (κ3) is 1.52. The highest BCUT2D eigenvalue weighted by Gasteiger charge is 2.12. The number of pyridine rings is 1. The van der Waals surface area contributed by atoms with Crippen molar-refractivity contribution < 1.29 is 0 Å². The molecule has 0 aliphatic carbocycles. The zero-order valence-electron chi connectivity index (χ0n) is 9.77. The Morgan fingerprint density at radius 1 is 1.41 bits per heavy atom. The molecule has 0 spiro atoms. The molecule has 0 saturated heterocycles. The average Bonchev–Trinajstić information content (AvgIpc) is 2.85. The number of anilines is 1. The molecule has 0 amide bonds. The van der Waals surface area contributed by atoms with Crippen LogP contribution in [0.2, 0.25) is 0 Å². The molecule has 0 bridgehead atoms. The largest absolute Gasteiger partial charge is 0.397 e. The van der Waals surface area contributed by atoms with Crippen LogP contribution in [0, 0.1) is 6.92 Å². The fourth-order valence-electron chi connectivity index (χ4n) is 2.13. The molecule has 3 heterocycles. The van der Waals surface area contributed by atoms with Gasteiger partial charge in [-0.1, -0.05) is 0 Å². The molecule has 3 aromatic heterocycles. The molecule has 2 N–H and O–H groups in total. The van der Waals surface area contributed by atoms with Crippen LogP contribution in [0.1, 0.15) is 5.69 Å². The number of aromatic nitrogens is 2. The smallest absolute Gasteiger partial charge is 0.126 e. The number of rotatable bonds is 1. The Kier molecular flexibility index (Phi) is 2.19. The number of fused-ring (bicyclic) bond motifs is 1. The minimum Gasteiger partial charge on any atom is -0.397 e. The van der Waals surface area contributed by atoms with E-state index in [0.717, 1.165) is 21.6 Å². The standard InChI is InChI=1S/C13H13N3S/c1-8-6-9(11-4-3-5-16(11)2)12-10(14)7-17-13(12)15-8/h3-7H,14H2,1-2H3. The first-order chi connectivity index (χ1) is 8.16. The molecule has 3 rings (SSSR count). The van der Waals surface area contributed by atoms with Gasteiger partial charge in [0.2, 0.25) is 0 Å². The fourth-order valence-corrected chi connectivity index (χ4v) is 3.03. The highest BCUT2D eigenvalue weighted by atomic mass is 32.1. The summed E-state index contributed by atoms with van der Waals surface area (Å²) in [6.07, 6.45) is 2.04. The summed E-state index contributed by atoms with van der Waals surface area (Å²) in [7, 11) is 2.04. The van der Waals surface area contributed by atoms with Crippen LogP contribution in [0.25, 0.3) is 21.5 Å². The van der Waals surface area contributed by atoms with Crippen molar-refractivity contribution in [3.05, 3.63) is 35.5 Å². The number of nitrogen functional groups attached to an aromatic ring is 1. The van der Waals surface area contributed by atoms with Crippen LogP contribution in [0.4, 0.5) is 5.69 Å². The second-order valence-electron chi connectivity index (χ2n) is 4.19. The summed E-state index contributed by atoms with van der Waals surface area (Å²) in [4.78, 5) is 5.54. The maximum atomic E-state index is 6.04. The SMILES string of the molecule is Cc1cc(-c2cccn2C)c2c(N)csc2n1. The zero-order chi connectivity index (χ0) is 12.0. The van der Waals surface area contributed by atoms with Gasteiger partial charge >= 0.3 is 0 Å². The molecule has 0 aliphatic rings. The van der Waals surface area contributed by atoms with E-state index in [0.29, 0.717) is 0 Å². The van der Waals surface area contributed by atoms with E-state index in [1.54, 1.807) is 11.3 Å². The van der Waals surface area contributed by atoms with Crippen molar-refractivity contribution >= 4 is 27.2 Å². The lowest BCUT2D eigenvalue weighted by Crippen LogP contribution is -1.93. The lowest BCUT2D eigenvalue weighted by molar-refractivity contribution is 0.937. The monoisotopic (exact) mass is 243 g/mol. The second-order valence-corrected chi connectivity index (χ2v) is 5.04. The van der Waals surface area contributed by atoms with E-state index < -0.39 is 0 Å². The van der Waals surface area contributed by atoms with Crippen molar-refractivity contribution in [1.29, 1.82) is 0 Å². The molecular weight excluding hydrogens is 230 g/mol. The Bertz CT molecular complexity index is 694. The predicted octanol–water partition coefficient (Wildman–Crippen LogP) is 3.19. The van der Waals surface area contributed by atoms with Gasteiger partial charge in [0.15, 0.2) is 0 Å². The number of aryl methyl sites for hydroxylation is 2. The van der Waals surface area contributed by atoms with Gasteiger partial charge in [0.25, 0.3) is 0 Å². The lowest BCUT2D eigenvalue weighted by Gasteiger charge is -2.07. The Hall–Kier alpha value is -1.81. The summed E-state index contributed by atoms with van der Waals surface area (Å²) in [5, 5.41) is 3.03. The van der Waals surface area contributed by atoms with Gasteiger partial charge in [0.05, 0.1) is 5.69 Å². The number of thiophene rings is 1. The molecule has 4 heteroatoms. The molecule has 3 aromatic rings. The lowest BCUT2D eigenvalue weighted by atomic mass is 10.1. The van der Waals surface area contributed by atoms with E-state index in [1.807, 2.05) is 31.6 Å². The molecule has 0 fully saturated rings. The van der Waals surface area contributed by atoms with Crippen molar-refractivity contribution in [1.82, 2.24) is 9.55 Å². The topological polar surface area (TPSA) is 43.8 Å². The number of hydrogen-bond donors (Lipinski definition) is 1. The molecule has 17 heavy (non-hydrogen) atoms. The Morgan fingerprint density at radius 2 is 2.24 bits per heavy atom. The number of nitrogens with zero attached hydrogens (tertiary/aromatic N) is 2. The molecule has 86 valence electrons. The highest BCUT2D eigenvalue weighted by Crippen LogP contribution is 2.36. The average molecular weight is 243 g/mol. The van der Waals surface area contributed by atoms with Crippen LogP contribution in [-0.4, -0.2) is 9.55 Å². The molecule has 0 atom stereocenters. The zero-order valence-corrected chi connectivity index (χ0v) is 10.6. The molecule has 0 unspecified atom stereocenters. The molecule has 0 aliphatic heterocycles. The van der Waals surface area contributed by atoms with Gasteiger partial charge in [-0.2, -0.15) is 0 Å². The van der Waals surface area contributed by atoms with Gasteiger partial charge in [-0.3, -0.25) is 0 Å². The van der Waals surface area contributed by atoms with Crippen molar-refractivity contribution in [3.63, 3.8) is 0 Å². The van der Waals surface area contributed by atoms with Gasteiger partial charge in [0.1, 0.15) is 4.83 Å². The van der Waals surface area contributed by atoms with Crippen molar-refractivity contribution in [2.45, 2.75) is 6.92 Å². The minimum atomic E-state index is 0.814.